The topological polar surface area (TPSA) is 50.5 Å². The number of aliphatic hydroxyl groups is 1. The van der Waals surface area contributed by atoms with Crippen LogP contribution >= 0.6 is 0 Å². The van der Waals surface area contributed by atoms with Crippen molar-refractivity contribution < 1.29 is 23.0 Å². The average Bonchev–Trinajstić information content (AvgIpc) is 2.94. The van der Waals surface area contributed by atoms with E-state index >= 15 is 0 Å². The first kappa shape index (κ1) is 17.3. The lowest BCUT2D eigenvalue weighted by molar-refractivity contribution is 0.0572. The van der Waals surface area contributed by atoms with Gasteiger partial charge in [0, 0.05) is 18.9 Å². The van der Waals surface area contributed by atoms with Crippen LogP contribution in [0.15, 0.2) is 36.7 Å². The molecule has 0 aliphatic heterocycles. The Balaban J connectivity index is 1.79. The number of benzene rings is 1. The highest BCUT2D eigenvalue weighted by atomic mass is 19.3. The maximum atomic E-state index is 12.8. The van der Waals surface area contributed by atoms with Gasteiger partial charge in [0.05, 0.1) is 6.54 Å². The molecular weight excluding hydrogens is 311 g/mol. The number of nitrogens with zero attached hydrogens (tertiary/aromatic N) is 3. The van der Waals surface area contributed by atoms with Crippen LogP contribution in [-0.4, -0.2) is 45.9 Å². The van der Waals surface area contributed by atoms with Crippen molar-refractivity contribution in [2.75, 3.05) is 20.2 Å². The minimum Gasteiger partial charge on any atom is -0.491 e. The van der Waals surface area contributed by atoms with Gasteiger partial charge in [-0.1, -0.05) is 0 Å². The smallest absolute Gasteiger partial charge is 0.319 e. The fourth-order valence-corrected chi connectivity index (χ4v) is 2.09. The molecular formula is C15H18F3N3O2. The molecule has 0 aliphatic rings. The second-order valence-electron chi connectivity index (χ2n) is 5.14. The minimum atomic E-state index is -2.65. The average molecular weight is 329 g/mol. The number of aromatic nitrogens is 2. The number of aliphatic hydroxyl groups excluding tert-OH is 1. The van der Waals surface area contributed by atoms with Crippen LogP contribution in [-0.2, 0) is 6.54 Å². The first-order valence-electron chi connectivity index (χ1n) is 7.00. The second kappa shape index (κ2) is 7.98. The molecule has 0 saturated heterocycles. The van der Waals surface area contributed by atoms with E-state index in [0.29, 0.717) is 5.75 Å². The van der Waals surface area contributed by atoms with Gasteiger partial charge in [-0.05, 0) is 31.3 Å². The Labute approximate surface area is 131 Å². The largest absolute Gasteiger partial charge is 0.491 e. The van der Waals surface area contributed by atoms with E-state index < -0.39 is 12.7 Å². The molecule has 5 nitrogen and oxygen atoms in total. The summed E-state index contributed by atoms with van der Waals surface area (Å²) in [4.78, 5) is 5.55. The molecule has 23 heavy (non-hydrogen) atoms. The molecule has 0 radical (unpaired) electrons. The lowest BCUT2D eigenvalue weighted by Crippen LogP contribution is -2.33. The first-order chi connectivity index (χ1) is 11.0. The molecule has 1 aromatic carbocycles. The Hall–Kier alpha value is -2.06. The van der Waals surface area contributed by atoms with Gasteiger partial charge in [0.2, 0.25) is 0 Å². The van der Waals surface area contributed by atoms with Crippen LogP contribution in [0.4, 0.5) is 13.2 Å². The summed E-state index contributed by atoms with van der Waals surface area (Å²) in [6, 6.07) is 5.45. The highest BCUT2D eigenvalue weighted by Gasteiger charge is 2.15. The van der Waals surface area contributed by atoms with Gasteiger partial charge in [0.1, 0.15) is 30.1 Å². The van der Waals surface area contributed by atoms with Gasteiger partial charge in [-0.15, -0.1) is 0 Å². The van der Waals surface area contributed by atoms with Crippen LogP contribution in [0.5, 0.6) is 5.75 Å². The van der Waals surface area contributed by atoms with Crippen molar-refractivity contribution in [1.82, 2.24) is 14.5 Å². The monoisotopic (exact) mass is 329 g/mol. The van der Waals surface area contributed by atoms with Crippen molar-refractivity contribution in [2.24, 2.45) is 0 Å². The molecule has 1 heterocycles. The zero-order valence-corrected chi connectivity index (χ0v) is 12.6. The van der Waals surface area contributed by atoms with E-state index in [0.717, 1.165) is 4.57 Å². The molecule has 8 heteroatoms. The predicted molar refractivity (Wildman–Crippen MR) is 77.7 cm³/mol. The first-order valence-corrected chi connectivity index (χ1v) is 7.00. The molecule has 1 unspecified atom stereocenters. The number of hydrogen-bond acceptors (Lipinski definition) is 4. The highest BCUT2D eigenvalue weighted by Crippen LogP contribution is 2.14. The summed E-state index contributed by atoms with van der Waals surface area (Å²) >= 11 is 0. The van der Waals surface area contributed by atoms with Crippen molar-refractivity contribution in [2.45, 2.75) is 19.2 Å². The van der Waals surface area contributed by atoms with E-state index in [1.165, 1.54) is 36.7 Å². The molecule has 1 N–H and O–H groups in total. The summed E-state index contributed by atoms with van der Waals surface area (Å²) in [5.41, 5.74) is 0. The second-order valence-corrected chi connectivity index (χ2v) is 5.14. The molecule has 0 saturated carbocycles. The number of halogens is 3. The quantitative estimate of drug-likeness (QED) is 0.807. The number of rotatable bonds is 8. The lowest BCUT2D eigenvalue weighted by atomic mass is 10.3. The van der Waals surface area contributed by atoms with Crippen LogP contribution in [0.2, 0.25) is 0 Å². The van der Waals surface area contributed by atoms with Crippen LogP contribution in [0.3, 0.4) is 0 Å². The minimum absolute atomic E-state index is 0.0132. The summed E-state index contributed by atoms with van der Waals surface area (Å²) in [7, 11) is 1.69. The van der Waals surface area contributed by atoms with Gasteiger partial charge in [-0.2, -0.15) is 8.78 Å². The van der Waals surface area contributed by atoms with Crippen molar-refractivity contribution in [3.05, 3.63) is 48.3 Å². The predicted octanol–water partition coefficient (Wildman–Crippen LogP) is 2.29. The van der Waals surface area contributed by atoms with Gasteiger partial charge < -0.3 is 9.84 Å². The van der Waals surface area contributed by atoms with Crippen LogP contribution in [0, 0.1) is 5.82 Å². The van der Waals surface area contributed by atoms with Crippen molar-refractivity contribution >= 4 is 0 Å². The fraction of sp³-hybridized carbons (Fsp3) is 0.400. The van der Waals surface area contributed by atoms with E-state index in [1.54, 1.807) is 11.9 Å². The Morgan fingerprint density at radius 3 is 2.65 bits per heavy atom. The third-order valence-corrected chi connectivity index (χ3v) is 3.15. The van der Waals surface area contributed by atoms with Gasteiger partial charge in [-0.3, -0.25) is 9.47 Å². The van der Waals surface area contributed by atoms with E-state index in [-0.39, 0.29) is 31.3 Å². The Kier molecular flexibility index (Phi) is 6.00. The van der Waals surface area contributed by atoms with Gasteiger partial charge in [0.25, 0.3) is 0 Å². The third kappa shape index (κ3) is 5.26. The van der Waals surface area contributed by atoms with E-state index in [1.807, 2.05) is 0 Å². The molecule has 1 atom stereocenters. The lowest BCUT2D eigenvalue weighted by Gasteiger charge is -2.21. The van der Waals surface area contributed by atoms with Crippen LogP contribution < -0.4 is 4.74 Å². The maximum absolute atomic E-state index is 12.8. The van der Waals surface area contributed by atoms with Gasteiger partial charge in [-0.25, -0.2) is 9.37 Å². The van der Waals surface area contributed by atoms with Crippen molar-refractivity contribution in [3.8, 4) is 5.75 Å². The van der Waals surface area contributed by atoms with Crippen LogP contribution in [0.1, 0.15) is 12.4 Å². The summed E-state index contributed by atoms with van der Waals surface area (Å²) in [5.74, 6) is 0.294. The summed E-state index contributed by atoms with van der Waals surface area (Å²) in [6.07, 6.45) is 1.70. The summed E-state index contributed by atoms with van der Waals surface area (Å²) < 4.78 is 44.3. The molecule has 0 aliphatic carbocycles. The van der Waals surface area contributed by atoms with Crippen molar-refractivity contribution in [3.63, 3.8) is 0 Å². The van der Waals surface area contributed by atoms with E-state index in [4.69, 9.17) is 4.74 Å². The van der Waals surface area contributed by atoms with E-state index in [9.17, 15) is 18.3 Å². The Bertz CT molecular complexity index is 604. The number of alkyl halides is 2. The Morgan fingerprint density at radius 2 is 2.00 bits per heavy atom. The number of hydrogen-bond donors (Lipinski definition) is 1. The number of ether oxygens (including phenoxy) is 1. The molecule has 0 bridgehead atoms. The molecule has 126 valence electrons. The van der Waals surface area contributed by atoms with Gasteiger partial charge in [0.15, 0.2) is 0 Å². The SMILES string of the molecule is CN(Cc1nccn1C(F)F)CC(O)COc1ccc(F)cc1. The molecule has 2 aromatic rings. The highest BCUT2D eigenvalue weighted by molar-refractivity contribution is 5.22. The van der Waals surface area contributed by atoms with Gasteiger partial charge >= 0.3 is 6.55 Å². The molecule has 0 spiro atoms. The fourth-order valence-electron chi connectivity index (χ4n) is 2.09. The Morgan fingerprint density at radius 1 is 1.30 bits per heavy atom. The third-order valence-electron chi connectivity index (χ3n) is 3.15. The number of likely N-dealkylation sites (N-methyl/N-ethyl adjacent to an activating group) is 1. The summed E-state index contributed by atoms with van der Waals surface area (Å²) in [5, 5.41) is 9.93. The number of imidazole rings is 1. The van der Waals surface area contributed by atoms with Crippen LogP contribution in [0.25, 0.3) is 0 Å². The molecule has 0 amide bonds. The molecule has 0 fully saturated rings. The summed E-state index contributed by atoms with van der Waals surface area (Å²) in [6.45, 7) is -2.24. The van der Waals surface area contributed by atoms with E-state index in [2.05, 4.69) is 4.98 Å². The zero-order chi connectivity index (χ0) is 16.8. The molecule has 2 rings (SSSR count). The zero-order valence-electron chi connectivity index (χ0n) is 12.6. The molecule has 1 aromatic heterocycles. The normalized spacial score (nSPS) is 12.8. The maximum Gasteiger partial charge on any atom is 0.319 e. The van der Waals surface area contributed by atoms with Crippen molar-refractivity contribution in [1.29, 1.82) is 0 Å². The standard InChI is InChI=1S/C15H18F3N3O2/c1-20(9-14-19-6-7-21(14)15(17)18)8-12(22)10-23-13-4-2-11(16)3-5-13/h2-7,12,15,22H,8-10H2,1H3.